The summed E-state index contributed by atoms with van der Waals surface area (Å²) in [4.78, 5) is 13.0. The van der Waals surface area contributed by atoms with E-state index in [1.54, 1.807) is 12.5 Å². The minimum Gasteiger partial charge on any atom is -0.355 e. The lowest BCUT2D eigenvalue weighted by Gasteiger charge is -2.38. The van der Waals surface area contributed by atoms with Crippen molar-refractivity contribution >= 4 is 21.7 Å². The first-order valence-electron chi connectivity index (χ1n) is 7.78. The van der Waals surface area contributed by atoms with Gasteiger partial charge in [0.2, 0.25) is 0 Å². The van der Waals surface area contributed by atoms with Crippen LogP contribution in [0.5, 0.6) is 0 Å². The zero-order chi connectivity index (χ0) is 16.2. The van der Waals surface area contributed by atoms with E-state index in [0.29, 0.717) is 10.5 Å². The maximum absolute atomic E-state index is 13.4. The Morgan fingerprint density at radius 2 is 2.26 bits per heavy atom. The number of piperidine rings is 1. The smallest absolute Gasteiger partial charge is 0.137 e. The Balaban J connectivity index is 1.65. The number of anilines is 1. The predicted octanol–water partition coefficient (Wildman–Crippen LogP) is 3.48. The zero-order valence-electron chi connectivity index (χ0n) is 13.1. The largest absolute Gasteiger partial charge is 0.355 e. The molecule has 1 atom stereocenters. The second-order valence-electron chi connectivity index (χ2n) is 5.96. The number of nitrogens with zero attached hydrogens (tertiary/aromatic N) is 4. The molecule has 0 radical (unpaired) electrons. The topological polar surface area (TPSA) is 32.3 Å². The quantitative estimate of drug-likeness (QED) is 0.814. The zero-order valence-corrected chi connectivity index (χ0v) is 14.7. The normalized spacial score (nSPS) is 18.8. The molecule has 2 heterocycles. The molecule has 3 rings (SSSR count). The number of hydrogen-bond donors (Lipinski definition) is 0. The molecule has 0 spiro atoms. The van der Waals surface area contributed by atoms with Gasteiger partial charge in [-0.15, -0.1) is 0 Å². The molecule has 1 fully saturated rings. The van der Waals surface area contributed by atoms with Crippen molar-refractivity contribution in [3.05, 3.63) is 52.6 Å². The summed E-state index contributed by atoms with van der Waals surface area (Å²) >= 11 is 3.26. The summed E-state index contributed by atoms with van der Waals surface area (Å²) < 4.78 is 13.9. The lowest BCUT2D eigenvalue weighted by molar-refractivity contribution is 0.198. The van der Waals surface area contributed by atoms with E-state index < -0.39 is 0 Å². The van der Waals surface area contributed by atoms with E-state index >= 15 is 0 Å². The summed E-state index contributed by atoms with van der Waals surface area (Å²) in [6.45, 7) is 2.89. The lowest BCUT2D eigenvalue weighted by Crippen LogP contribution is -2.46. The molecule has 0 aliphatic carbocycles. The van der Waals surface area contributed by atoms with Crippen LogP contribution in [-0.2, 0) is 6.54 Å². The number of rotatable bonds is 4. The number of benzene rings is 1. The Hall–Kier alpha value is -1.53. The van der Waals surface area contributed by atoms with Crippen LogP contribution < -0.4 is 4.90 Å². The second kappa shape index (κ2) is 7.36. The standard InChI is InChI=1S/C17H20BrFN4/c1-22(17-6-7-20-12-21-17)14-3-2-8-23(11-14)10-13-4-5-16(19)15(18)9-13/h4-7,9,12,14H,2-3,8,10-11H2,1H3. The SMILES string of the molecule is CN(c1ccncn1)C1CCCN(Cc2ccc(F)c(Br)c2)C1. The number of hydrogen-bond acceptors (Lipinski definition) is 4. The fourth-order valence-electron chi connectivity index (χ4n) is 3.07. The van der Waals surface area contributed by atoms with Crippen LogP contribution in [-0.4, -0.2) is 41.0 Å². The molecule has 4 nitrogen and oxygen atoms in total. The first-order valence-corrected chi connectivity index (χ1v) is 8.58. The average Bonchev–Trinajstić information content (AvgIpc) is 2.58. The van der Waals surface area contributed by atoms with Crippen LogP contribution in [0.25, 0.3) is 0 Å². The molecule has 0 saturated carbocycles. The molecular formula is C17H20BrFN4. The first kappa shape index (κ1) is 16.3. The Morgan fingerprint density at radius 3 is 3.00 bits per heavy atom. The number of aromatic nitrogens is 2. The molecule has 122 valence electrons. The highest BCUT2D eigenvalue weighted by Gasteiger charge is 2.24. The molecule has 0 N–H and O–H groups in total. The van der Waals surface area contributed by atoms with Gasteiger partial charge in [-0.2, -0.15) is 0 Å². The van der Waals surface area contributed by atoms with Gasteiger partial charge in [-0.1, -0.05) is 6.07 Å². The fraction of sp³-hybridized carbons (Fsp3) is 0.412. The first-order chi connectivity index (χ1) is 11.1. The van der Waals surface area contributed by atoms with Crippen LogP contribution in [0.15, 0.2) is 41.3 Å². The van der Waals surface area contributed by atoms with Crippen molar-refractivity contribution in [3.63, 3.8) is 0 Å². The molecule has 23 heavy (non-hydrogen) atoms. The van der Waals surface area contributed by atoms with E-state index in [2.05, 4.69) is 42.7 Å². The lowest BCUT2D eigenvalue weighted by atomic mass is 10.0. The van der Waals surface area contributed by atoms with Crippen molar-refractivity contribution in [2.24, 2.45) is 0 Å². The maximum Gasteiger partial charge on any atom is 0.137 e. The van der Waals surface area contributed by atoms with Crippen molar-refractivity contribution in [3.8, 4) is 0 Å². The Bertz CT molecular complexity index is 652. The van der Waals surface area contributed by atoms with Crippen LogP contribution >= 0.6 is 15.9 Å². The van der Waals surface area contributed by atoms with Gasteiger partial charge < -0.3 is 4.90 Å². The molecule has 0 bridgehead atoms. The van der Waals surface area contributed by atoms with Gasteiger partial charge in [-0.05, 0) is 59.1 Å². The second-order valence-corrected chi connectivity index (χ2v) is 6.81. The van der Waals surface area contributed by atoms with Gasteiger partial charge in [-0.25, -0.2) is 14.4 Å². The van der Waals surface area contributed by atoms with E-state index in [1.807, 2.05) is 18.2 Å². The minimum atomic E-state index is -0.214. The number of halogens is 2. The average molecular weight is 379 g/mol. The third-order valence-electron chi connectivity index (χ3n) is 4.35. The van der Waals surface area contributed by atoms with Crippen LogP contribution in [0.4, 0.5) is 10.2 Å². The van der Waals surface area contributed by atoms with Crippen LogP contribution in [0, 0.1) is 5.82 Å². The molecule has 1 aliphatic heterocycles. The summed E-state index contributed by atoms with van der Waals surface area (Å²) in [5, 5.41) is 0. The summed E-state index contributed by atoms with van der Waals surface area (Å²) in [6.07, 6.45) is 5.67. The van der Waals surface area contributed by atoms with Gasteiger partial charge in [0.1, 0.15) is 18.0 Å². The van der Waals surface area contributed by atoms with Crippen molar-refractivity contribution in [1.82, 2.24) is 14.9 Å². The van der Waals surface area contributed by atoms with Crippen LogP contribution in [0.1, 0.15) is 18.4 Å². The third-order valence-corrected chi connectivity index (χ3v) is 4.95. The Kier molecular flexibility index (Phi) is 5.23. The van der Waals surface area contributed by atoms with Gasteiger partial charge in [0, 0.05) is 32.4 Å². The fourth-order valence-corrected chi connectivity index (χ4v) is 3.49. The summed E-state index contributed by atoms with van der Waals surface area (Å²) in [7, 11) is 2.09. The number of likely N-dealkylation sites (tertiary alicyclic amines) is 1. The molecule has 1 saturated heterocycles. The molecule has 1 aromatic heterocycles. The van der Waals surface area contributed by atoms with Crippen LogP contribution in [0.3, 0.4) is 0 Å². The van der Waals surface area contributed by atoms with Crippen molar-refractivity contribution in [2.45, 2.75) is 25.4 Å². The Morgan fingerprint density at radius 1 is 1.39 bits per heavy atom. The van der Waals surface area contributed by atoms with E-state index in [4.69, 9.17) is 0 Å². The van der Waals surface area contributed by atoms with Crippen molar-refractivity contribution in [1.29, 1.82) is 0 Å². The van der Waals surface area contributed by atoms with Gasteiger partial charge in [-0.3, -0.25) is 4.90 Å². The van der Waals surface area contributed by atoms with Crippen molar-refractivity contribution in [2.75, 3.05) is 25.0 Å². The summed E-state index contributed by atoms with van der Waals surface area (Å²) in [5.41, 5.74) is 1.13. The highest BCUT2D eigenvalue weighted by molar-refractivity contribution is 9.10. The molecule has 6 heteroatoms. The molecule has 1 aromatic carbocycles. The van der Waals surface area contributed by atoms with Crippen LogP contribution in [0.2, 0.25) is 0 Å². The third kappa shape index (κ3) is 4.06. The van der Waals surface area contributed by atoms with Gasteiger partial charge in [0.25, 0.3) is 0 Å². The summed E-state index contributed by atoms with van der Waals surface area (Å²) in [5.74, 6) is 0.741. The minimum absolute atomic E-state index is 0.214. The maximum atomic E-state index is 13.4. The monoisotopic (exact) mass is 378 g/mol. The molecular weight excluding hydrogens is 359 g/mol. The molecule has 1 aliphatic rings. The summed E-state index contributed by atoms with van der Waals surface area (Å²) in [6, 6.07) is 7.62. The molecule has 0 amide bonds. The van der Waals surface area contributed by atoms with E-state index in [0.717, 1.165) is 43.9 Å². The van der Waals surface area contributed by atoms with Gasteiger partial charge >= 0.3 is 0 Å². The van der Waals surface area contributed by atoms with E-state index in [-0.39, 0.29) is 5.82 Å². The van der Waals surface area contributed by atoms with Gasteiger partial charge in [0.15, 0.2) is 0 Å². The number of likely N-dealkylation sites (N-methyl/N-ethyl adjacent to an activating group) is 1. The highest BCUT2D eigenvalue weighted by Crippen LogP contribution is 2.22. The highest BCUT2D eigenvalue weighted by atomic mass is 79.9. The van der Waals surface area contributed by atoms with Gasteiger partial charge in [0.05, 0.1) is 4.47 Å². The molecule has 2 aromatic rings. The predicted molar refractivity (Wildman–Crippen MR) is 92.8 cm³/mol. The van der Waals surface area contributed by atoms with Crippen molar-refractivity contribution < 1.29 is 4.39 Å². The van der Waals surface area contributed by atoms with E-state index in [9.17, 15) is 4.39 Å². The molecule has 1 unspecified atom stereocenters. The van der Waals surface area contributed by atoms with E-state index in [1.165, 1.54) is 6.07 Å². The Labute approximate surface area is 144 Å².